The maximum absolute atomic E-state index is 13.7. The smallest absolute Gasteiger partial charge is 0.266 e. The molecule has 1 aliphatic carbocycles. The van der Waals surface area contributed by atoms with Gasteiger partial charge in [0.05, 0.1) is 22.6 Å². The molecule has 1 aromatic heterocycles. The number of benzene rings is 2. The Balaban J connectivity index is 1.93. The molecule has 3 aromatic rings. The largest absolute Gasteiger partial charge is 0.332 e. The summed E-state index contributed by atoms with van der Waals surface area (Å²) in [4.78, 5) is 34.0. The summed E-state index contributed by atoms with van der Waals surface area (Å²) in [5.74, 6) is 1.22. The highest BCUT2D eigenvalue weighted by molar-refractivity contribution is 5.81. The lowest BCUT2D eigenvalue weighted by Gasteiger charge is -2.37. The second-order valence-electron chi connectivity index (χ2n) is 9.61. The zero-order valence-corrected chi connectivity index (χ0v) is 19.8. The van der Waals surface area contributed by atoms with Crippen molar-refractivity contribution in [1.82, 2.24) is 14.5 Å². The first kappa shape index (κ1) is 22.3. The number of para-hydroxylation sites is 1. The van der Waals surface area contributed by atoms with Gasteiger partial charge in [0.15, 0.2) is 0 Å². The highest BCUT2D eigenvalue weighted by atomic mass is 16.2. The van der Waals surface area contributed by atoms with E-state index in [9.17, 15) is 9.59 Å². The molecule has 0 aliphatic heterocycles. The van der Waals surface area contributed by atoms with Crippen LogP contribution in [0, 0.1) is 25.7 Å². The van der Waals surface area contributed by atoms with Gasteiger partial charge < -0.3 is 4.90 Å². The highest BCUT2D eigenvalue weighted by Gasteiger charge is 2.34. The van der Waals surface area contributed by atoms with Gasteiger partial charge in [0.25, 0.3) is 5.56 Å². The van der Waals surface area contributed by atoms with Gasteiger partial charge in [-0.1, -0.05) is 50.1 Å². The molecular formula is C27H33N3O2. The van der Waals surface area contributed by atoms with Gasteiger partial charge in [-0.05, 0) is 63.3 Å². The fourth-order valence-electron chi connectivity index (χ4n) is 4.58. The molecule has 2 aromatic carbocycles. The second-order valence-corrected chi connectivity index (χ2v) is 9.61. The minimum atomic E-state index is -0.316. The van der Waals surface area contributed by atoms with E-state index in [1.807, 2.05) is 62.1 Å². The molecule has 5 nitrogen and oxygen atoms in total. The van der Waals surface area contributed by atoms with Crippen LogP contribution in [0.25, 0.3) is 16.6 Å². The van der Waals surface area contributed by atoms with E-state index in [1.165, 1.54) is 0 Å². The van der Waals surface area contributed by atoms with E-state index in [0.29, 0.717) is 29.2 Å². The van der Waals surface area contributed by atoms with Crippen LogP contribution in [0.4, 0.5) is 0 Å². The van der Waals surface area contributed by atoms with Crippen LogP contribution in [0.2, 0.25) is 0 Å². The lowest BCUT2D eigenvalue weighted by atomic mass is 9.84. The molecule has 0 bridgehead atoms. The summed E-state index contributed by atoms with van der Waals surface area (Å²) >= 11 is 0. The first-order valence-electron chi connectivity index (χ1n) is 11.7. The molecular weight excluding hydrogens is 398 g/mol. The van der Waals surface area contributed by atoms with Crippen molar-refractivity contribution in [2.24, 2.45) is 11.8 Å². The van der Waals surface area contributed by atoms with Crippen LogP contribution >= 0.6 is 0 Å². The van der Waals surface area contributed by atoms with Gasteiger partial charge in [0.2, 0.25) is 5.91 Å². The molecule has 0 radical (unpaired) electrons. The van der Waals surface area contributed by atoms with Gasteiger partial charge in [0, 0.05) is 12.5 Å². The van der Waals surface area contributed by atoms with Gasteiger partial charge in [-0.25, -0.2) is 4.98 Å². The van der Waals surface area contributed by atoms with Crippen LogP contribution in [0.15, 0.2) is 47.3 Å². The van der Waals surface area contributed by atoms with E-state index in [-0.39, 0.29) is 23.4 Å². The Bertz CT molecular complexity index is 1210. The van der Waals surface area contributed by atoms with E-state index in [0.717, 1.165) is 36.1 Å². The lowest BCUT2D eigenvalue weighted by molar-refractivity contribution is -0.141. The van der Waals surface area contributed by atoms with Gasteiger partial charge in [-0.15, -0.1) is 0 Å². The predicted molar refractivity (Wildman–Crippen MR) is 129 cm³/mol. The van der Waals surface area contributed by atoms with Crippen molar-refractivity contribution in [1.29, 1.82) is 0 Å². The Morgan fingerprint density at radius 3 is 2.47 bits per heavy atom. The first-order chi connectivity index (χ1) is 15.3. The summed E-state index contributed by atoms with van der Waals surface area (Å²) in [5, 5.41) is 0.587. The fraction of sp³-hybridized carbons (Fsp3) is 0.444. The van der Waals surface area contributed by atoms with Crippen molar-refractivity contribution < 1.29 is 4.79 Å². The van der Waals surface area contributed by atoms with E-state index in [1.54, 1.807) is 4.57 Å². The summed E-state index contributed by atoms with van der Waals surface area (Å²) in [5.41, 5.74) is 3.55. The van der Waals surface area contributed by atoms with Crippen LogP contribution in [-0.4, -0.2) is 26.9 Å². The van der Waals surface area contributed by atoms with Crippen LogP contribution in [-0.2, 0) is 4.79 Å². The van der Waals surface area contributed by atoms with Crippen molar-refractivity contribution in [3.63, 3.8) is 0 Å². The SMILES string of the molecule is Cc1ccc(-n2c(C(C)N(CC(C)C)C(=O)C3CCC3)nc3ccccc3c2=O)c(C)c1. The van der Waals surface area contributed by atoms with Crippen molar-refractivity contribution in [3.8, 4) is 5.69 Å². The molecule has 1 saturated carbocycles. The van der Waals surface area contributed by atoms with Gasteiger partial charge >= 0.3 is 0 Å². The Kier molecular flexibility index (Phi) is 6.18. The minimum Gasteiger partial charge on any atom is -0.332 e. The molecule has 0 saturated heterocycles. The molecule has 32 heavy (non-hydrogen) atoms. The minimum absolute atomic E-state index is 0.0926. The van der Waals surface area contributed by atoms with Crippen molar-refractivity contribution in [2.45, 2.75) is 59.9 Å². The van der Waals surface area contributed by atoms with Crippen molar-refractivity contribution in [2.75, 3.05) is 6.54 Å². The third kappa shape index (κ3) is 4.08. The zero-order chi connectivity index (χ0) is 23.0. The number of carbonyl (C=O) groups is 1. The van der Waals surface area contributed by atoms with Crippen LogP contribution < -0.4 is 5.56 Å². The van der Waals surface area contributed by atoms with Crippen LogP contribution in [0.5, 0.6) is 0 Å². The average molecular weight is 432 g/mol. The summed E-state index contributed by atoms with van der Waals surface area (Å²) in [6.07, 6.45) is 3.02. The number of carbonyl (C=O) groups excluding carboxylic acids is 1. The number of aryl methyl sites for hydroxylation is 2. The Labute approximate surface area is 190 Å². The average Bonchev–Trinajstić information content (AvgIpc) is 2.71. The normalized spacial score (nSPS) is 15.1. The molecule has 0 N–H and O–H groups in total. The molecule has 1 aliphatic rings. The topological polar surface area (TPSA) is 55.2 Å². The first-order valence-corrected chi connectivity index (χ1v) is 11.7. The molecule has 0 spiro atoms. The zero-order valence-electron chi connectivity index (χ0n) is 19.8. The molecule has 1 heterocycles. The van der Waals surface area contributed by atoms with E-state index in [2.05, 4.69) is 19.9 Å². The summed E-state index contributed by atoms with van der Waals surface area (Å²) < 4.78 is 1.73. The number of hydrogen-bond acceptors (Lipinski definition) is 3. The Morgan fingerprint density at radius 1 is 1.12 bits per heavy atom. The molecule has 1 amide bonds. The van der Waals surface area contributed by atoms with Crippen molar-refractivity contribution >= 4 is 16.8 Å². The second kappa shape index (κ2) is 8.89. The van der Waals surface area contributed by atoms with E-state index < -0.39 is 0 Å². The van der Waals surface area contributed by atoms with Gasteiger partial charge in [-0.2, -0.15) is 0 Å². The highest BCUT2D eigenvalue weighted by Crippen LogP contribution is 2.32. The van der Waals surface area contributed by atoms with E-state index >= 15 is 0 Å². The summed E-state index contributed by atoms with van der Waals surface area (Å²) in [6.45, 7) is 11.0. The Hall–Kier alpha value is -2.95. The fourth-order valence-corrected chi connectivity index (χ4v) is 4.58. The summed E-state index contributed by atoms with van der Waals surface area (Å²) in [7, 11) is 0. The Morgan fingerprint density at radius 2 is 1.84 bits per heavy atom. The molecule has 4 rings (SSSR count). The maximum Gasteiger partial charge on any atom is 0.266 e. The predicted octanol–water partition coefficient (Wildman–Crippen LogP) is 5.35. The molecule has 1 unspecified atom stereocenters. The van der Waals surface area contributed by atoms with Crippen molar-refractivity contribution in [3.05, 3.63) is 69.8 Å². The van der Waals surface area contributed by atoms with Crippen LogP contribution in [0.3, 0.4) is 0 Å². The molecule has 1 atom stereocenters. The monoisotopic (exact) mass is 431 g/mol. The van der Waals surface area contributed by atoms with E-state index in [4.69, 9.17) is 4.98 Å². The summed E-state index contributed by atoms with van der Waals surface area (Å²) in [6, 6.07) is 13.2. The van der Waals surface area contributed by atoms with Gasteiger partial charge in [-0.3, -0.25) is 14.2 Å². The standard InChI is InChI=1S/C27H33N3O2/c1-17(2)16-29(26(31)21-9-8-10-21)20(5)25-28-23-12-7-6-11-22(23)27(32)30(25)24-14-13-18(3)15-19(24)4/h6-7,11-15,17,20-21H,8-10,16H2,1-5H3. The van der Waals surface area contributed by atoms with Crippen LogP contribution in [0.1, 0.15) is 63.0 Å². The maximum atomic E-state index is 13.7. The number of nitrogens with zero attached hydrogens (tertiary/aromatic N) is 3. The molecule has 168 valence electrons. The quantitative estimate of drug-likeness (QED) is 0.529. The number of aromatic nitrogens is 2. The lowest BCUT2D eigenvalue weighted by Crippen LogP contribution is -2.44. The number of amides is 1. The third-order valence-corrected chi connectivity index (χ3v) is 6.54. The number of fused-ring (bicyclic) bond motifs is 1. The number of hydrogen-bond donors (Lipinski definition) is 0. The van der Waals surface area contributed by atoms with Gasteiger partial charge in [0.1, 0.15) is 5.82 Å². The third-order valence-electron chi connectivity index (χ3n) is 6.54. The molecule has 1 fully saturated rings. The number of rotatable bonds is 6. The molecule has 5 heteroatoms.